The van der Waals surface area contributed by atoms with Crippen LogP contribution < -0.4 is 0 Å². The summed E-state index contributed by atoms with van der Waals surface area (Å²) in [4.78, 5) is 0. The summed E-state index contributed by atoms with van der Waals surface area (Å²) in [6.07, 6.45) is 0. The number of hydrogen-bond acceptors (Lipinski definition) is 2. The third-order valence-corrected chi connectivity index (χ3v) is 7.99. The number of para-hydroxylation sites is 1. The van der Waals surface area contributed by atoms with Crippen molar-refractivity contribution in [2.75, 3.05) is 0 Å². The van der Waals surface area contributed by atoms with E-state index in [1.807, 2.05) is 18.2 Å². The van der Waals surface area contributed by atoms with E-state index in [0.29, 0.717) is 0 Å². The first-order valence-corrected chi connectivity index (χ1v) is 12.4. The molecular formula is C32H17BrO2. The molecule has 0 radical (unpaired) electrons. The molecule has 0 fully saturated rings. The molecule has 2 aromatic heterocycles. The maximum Gasteiger partial charge on any atom is 0.147 e. The van der Waals surface area contributed by atoms with Crippen LogP contribution in [-0.4, -0.2) is 0 Å². The van der Waals surface area contributed by atoms with Crippen LogP contribution in [0, 0.1) is 0 Å². The van der Waals surface area contributed by atoms with Gasteiger partial charge in [-0.15, -0.1) is 0 Å². The van der Waals surface area contributed by atoms with E-state index in [9.17, 15) is 0 Å². The number of furan rings is 2. The summed E-state index contributed by atoms with van der Waals surface area (Å²) in [5.41, 5.74) is 5.84. The van der Waals surface area contributed by atoms with Crippen molar-refractivity contribution in [3.05, 3.63) is 108 Å². The number of benzene rings is 6. The molecule has 8 rings (SSSR count). The molecule has 2 heterocycles. The van der Waals surface area contributed by atoms with Gasteiger partial charge in [-0.25, -0.2) is 0 Å². The van der Waals surface area contributed by atoms with Crippen molar-refractivity contribution in [3.63, 3.8) is 0 Å². The van der Waals surface area contributed by atoms with Crippen LogP contribution in [0.25, 0.3) is 76.5 Å². The lowest BCUT2D eigenvalue weighted by molar-refractivity contribution is 0.663. The average Bonchev–Trinajstić information content (AvgIpc) is 3.46. The normalized spacial score (nSPS) is 12.1. The van der Waals surface area contributed by atoms with Crippen LogP contribution in [0.5, 0.6) is 0 Å². The molecule has 35 heavy (non-hydrogen) atoms. The van der Waals surface area contributed by atoms with Crippen LogP contribution in [-0.2, 0) is 0 Å². The zero-order valence-electron chi connectivity index (χ0n) is 18.5. The van der Waals surface area contributed by atoms with E-state index in [1.165, 1.54) is 27.1 Å². The van der Waals surface area contributed by atoms with Gasteiger partial charge in [0.2, 0.25) is 0 Å². The zero-order chi connectivity index (χ0) is 23.1. The monoisotopic (exact) mass is 512 g/mol. The summed E-state index contributed by atoms with van der Waals surface area (Å²) >= 11 is 3.86. The van der Waals surface area contributed by atoms with Crippen LogP contribution >= 0.6 is 15.9 Å². The van der Waals surface area contributed by atoms with Gasteiger partial charge in [0.1, 0.15) is 22.3 Å². The molecule has 0 aliphatic carbocycles. The van der Waals surface area contributed by atoms with E-state index >= 15 is 0 Å². The molecule has 0 spiro atoms. The Hall–Kier alpha value is -4.08. The second-order valence-electron chi connectivity index (χ2n) is 9.01. The Morgan fingerprint density at radius 1 is 0.457 bits per heavy atom. The summed E-state index contributed by atoms with van der Waals surface area (Å²) in [6, 6.07) is 36.0. The Kier molecular flexibility index (Phi) is 3.83. The molecule has 3 heteroatoms. The first-order chi connectivity index (χ1) is 17.3. The lowest BCUT2D eigenvalue weighted by Gasteiger charge is -2.14. The van der Waals surface area contributed by atoms with E-state index < -0.39 is 0 Å². The lowest BCUT2D eigenvalue weighted by Crippen LogP contribution is -1.87. The second kappa shape index (κ2) is 6.97. The third-order valence-electron chi connectivity index (χ3n) is 7.13. The molecule has 0 aliphatic heterocycles. The minimum Gasteiger partial charge on any atom is -0.456 e. The highest BCUT2D eigenvalue weighted by molar-refractivity contribution is 9.10. The minimum absolute atomic E-state index is 0.842. The molecule has 8 aromatic rings. The fourth-order valence-corrected chi connectivity index (χ4v) is 6.28. The molecule has 6 aromatic carbocycles. The van der Waals surface area contributed by atoms with Crippen molar-refractivity contribution in [3.8, 4) is 11.1 Å². The van der Waals surface area contributed by atoms with Crippen molar-refractivity contribution in [2.24, 2.45) is 0 Å². The molecule has 0 bridgehead atoms. The lowest BCUT2D eigenvalue weighted by atomic mass is 9.91. The van der Waals surface area contributed by atoms with Gasteiger partial charge in [0.05, 0.1) is 5.39 Å². The third kappa shape index (κ3) is 2.59. The number of rotatable bonds is 1. The molecular weight excluding hydrogens is 496 g/mol. The summed E-state index contributed by atoms with van der Waals surface area (Å²) in [5, 5.41) is 9.18. The number of halogens is 1. The Labute approximate surface area is 208 Å². The molecule has 2 nitrogen and oxygen atoms in total. The highest BCUT2D eigenvalue weighted by Crippen LogP contribution is 2.44. The Bertz CT molecular complexity index is 2070. The Morgan fingerprint density at radius 3 is 1.83 bits per heavy atom. The SMILES string of the molecule is Brc1c2ccccc2c(-c2ccc3c(c2)oc2ccc4c5ccccc5oc4c23)c2ccccc12. The molecule has 0 unspecified atom stereocenters. The molecule has 0 saturated heterocycles. The quantitative estimate of drug-likeness (QED) is 0.204. The topological polar surface area (TPSA) is 26.3 Å². The average molecular weight is 513 g/mol. The number of hydrogen-bond donors (Lipinski definition) is 0. The van der Waals surface area contributed by atoms with Gasteiger partial charge < -0.3 is 8.83 Å². The zero-order valence-corrected chi connectivity index (χ0v) is 20.1. The van der Waals surface area contributed by atoms with Crippen molar-refractivity contribution in [1.82, 2.24) is 0 Å². The molecule has 0 atom stereocenters. The van der Waals surface area contributed by atoms with Gasteiger partial charge in [0, 0.05) is 20.6 Å². The van der Waals surface area contributed by atoms with Gasteiger partial charge in [0.15, 0.2) is 0 Å². The van der Waals surface area contributed by atoms with Gasteiger partial charge in [-0.05, 0) is 78.9 Å². The molecule has 0 N–H and O–H groups in total. The molecule has 0 saturated carbocycles. The Balaban J connectivity index is 1.47. The van der Waals surface area contributed by atoms with Crippen molar-refractivity contribution >= 4 is 81.4 Å². The van der Waals surface area contributed by atoms with Crippen molar-refractivity contribution < 1.29 is 8.83 Å². The van der Waals surface area contributed by atoms with Crippen LogP contribution in [0.4, 0.5) is 0 Å². The largest absolute Gasteiger partial charge is 0.456 e. The van der Waals surface area contributed by atoms with Crippen LogP contribution in [0.2, 0.25) is 0 Å². The summed E-state index contributed by atoms with van der Waals surface area (Å²) in [7, 11) is 0. The van der Waals surface area contributed by atoms with E-state index in [-0.39, 0.29) is 0 Å². The van der Waals surface area contributed by atoms with Crippen molar-refractivity contribution in [1.29, 1.82) is 0 Å². The Morgan fingerprint density at radius 2 is 1.09 bits per heavy atom. The summed E-state index contributed by atoms with van der Waals surface area (Å²) in [5.74, 6) is 0. The predicted molar refractivity (Wildman–Crippen MR) is 149 cm³/mol. The van der Waals surface area contributed by atoms with E-state index in [4.69, 9.17) is 8.83 Å². The maximum absolute atomic E-state index is 6.40. The smallest absolute Gasteiger partial charge is 0.147 e. The van der Waals surface area contributed by atoms with Gasteiger partial charge in [0.25, 0.3) is 0 Å². The molecule has 164 valence electrons. The van der Waals surface area contributed by atoms with E-state index in [2.05, 4.69) is 101 Å². The fraction of sp³-hybridized carbons (Fsp3) is 0. The highest BCUT2D eigenvalue weighted by atomic mass is 79.9. The van der Waals surface area contributed by atoms with E-state index in [0.717, 1.165) is 53.9 Å². The second-order valence-corrected chi connectivity index (χ2v) is 9.80. The van der Waals surface area contributed by atoms with Crippen LogP contribution in [0.15, 0.2) is 116 Å². The highest BCUT2D eigenvalue weighted by Gasteiger charge is 2.18. The van der Waals surface area contributed by atoms with Crippen LogP contribution in [0.3, 0.4) is 0 Å². The fourth-order valence-electron chi connectivity index (χ4n) is 5.58. The first kappa shape index (κ1) is 19.2. The summed E-state index contributed by atoms with van der Waals surface area (Å²) < 4.78 is 13.8. The number of fused-ring (bicyclic) bond motifs is 9. The minimum atomic E-state index is 0.842. The van der Waals surface area contributed by atoms with E-state index in [1.54, 1.807) is 0 Å². The van der Waals surface area contributed by atoms with Gasteiger partial charge in [-0.3, -0.25) is 0 Å². The van der Waals surface area contributed by atoms with Crippen molar-refractivity contribution in [2.45, 2.75) is 0 Å². The van der Waals surface area contributed by atoms with Gasteiger partial charge in [-0.2, -0.15) is 0 Å². The predicted octanol–water partition coefficient (Wildman–Crippen LogP) is 10.2. The molecule has 0 amide bonds. The molecule has 0 aliphatic rings. The maximum atomic E-state index is 6.40. The first-order valence-electron chi connectivity index (χ1n) is 11.6. The van der Waals surface area contributed by atoms with Crippen LogP contribution in [0.1, 0.15) is 0 Å². The van der Waals surface area contributed by atoms with Gasteiger partial charge >= 0.3 is 0 Å². The summed E-state index contributed by atoms with van der Waals surface area (Å²) in [6.45, 7) is 0. The standard InChI is InChI=1S/C32H17BrO2/c33-31-22-10-3-1-8-20(22)29(21-9-2-4-11-23(21)31)18-13-14-25-28(17-18)34-27-16-15-24-19-7-5-6-12-26(19)35-32(24)30(25)27/h1-17H. The van der Waals surface area contributed by atoms with Gasteiger partial charge in [-0.1, -0.05) is 72.8 Å².